The molecule has 0 atom stereocenters. The predicted octanol–water partition coefficient (Wildman–Crippen LogP) is 4.63. The summed E-state index contributed by atoms with van der Waals surface area (Å²) in [7, 11) is 0. The van der Waals surface area contributed by atoms with Crippen molar-refractivity contribution in [1.82, 2.24) is 5.32 Å². The lowest BCUT2D eigenvalue weighted by molar-refractivity contribution is -0.123. The first kappa shape index (κ1) is 20.3. The Morgan fingerprint density at radius 2 is 1.77 bits per heavy atom. The van der Waals surface area contributed by atoms with Crippen LogP contribution in [-0.4, -0.2) is 25.7 Å². The normalized spacial score (nSPS) is 11.1. The minimum Gasteiger partial charge on any atom is -0.492 e. The van der Waals surface area contributed by atoms with Gasteiger partial charge in [-0.05, 0) is 42.7 Å². The lowest BCUT2D eigenvalue weighted by Crippen LogP contribution is -2.32. The number of carbonyl (C=O) groups is 1. The SMILES string of the molecule is Cc1ccc(OCCNC(=O)COc2ccc(Br)cc2C(C)(C)C)cc1. The summed E-state index contributed by atoms with van der Waals surface area (Å²) in [6, 6.07) is 13.7. The van der Waals surface area contributed by atoms with Gasteiger partial charge in [-0.15, -0.1) is 0 Å². The van der Waals surface area contributed by atoms with E-state index < -0.39 is 0 Å². The van der Waals surface area contributed by atoms with E-state index >= 15 is 0 Å². The smallest absolute Gasteiger partial charge is 0.258 e. The van der Waals surface area contributed by atoms with Gasteiger partial charge in [-0.1, -0.05) is 54.4 Å². The molecule has 4 nitrogen and oxygen atoms in total. The van der Waals surface area contributed by atoms with E-state index in [0.717, 1.165) is 21.5 Å². The van der Waals surface area contributed by atoms with E-state index in [4.69, 9.17) is 9.47 Å². The maximum absolute atomic E-state index is 12.0. The Balaban J connectivity index is 1.78. The van der Waals surface area contributed by atoms with Gasteiger partial charge in [-0.25, -0.2) is 0 Å². The van der Waals surface area contributed by atoms with Crippen LogP contribution in [0.2, 0.25) is 0 Å². The average molecular weight is 420 g/mol. The molecule has 0 spiro atoms. The number of rotatable bonds is 7. The first-order chi connectivity index (χ1) is 12.3. The zero-order valence-corrected chi connectivity index (χ0v) is 17.4. The molecule has 2 rings (SSSR count). The molecular formula is C21H26BrNO3. The highest BCUT2D eigenvalue weighted by atomic mass is 79.9. The van der Waals surface area contributed by atoms with Crippen LogP contribution in [0.15, 0.2) is 46.9 Å². The summed E-state index contributed by atoms with van der Waals surface area (Å²) in [6.45, 7) is 9.21. The van der Waals surface area contributed by atoms with Gasteiger partial charge in [0.15, 0.2) is 6.61 Å². The summed E-state index contributed by atoms with van der Waals surface area (Å²) < 4.78 is 12.3. The summed E-state index contributed by atoms with van der Waals surface area (Å²) in [4.78, 5) is 12.0. The van der Waals surface area contributed by atoms with Crippen LogP contribution >= 0.6 is 15.9 Å². The lowest BCUT2D eigenvalue weighted by Gasteiger charge is -2.23. The molecule has 0 radical (unpaired) electrons. The third-order valence-electron chi connectivity index (χ3n) is 3.82. The van der Waals surface area contributed by atoms with Crippen molar-refractivity contribution in [1.29, 1.82) is 0 Å². The fourth-order valence-electron chi connectivity index (χ4n) is 2.40. The first-order valence-electron chi connectivity index (χ1n) is 8.65. The molecule has 0 aliphatic carbocycles. The zero-order chi connectivity index (χ0) is 19.2. The highest BCUT2D eigenvalue weighted by Crippen LogP contribution is 2.33. The first-order valence-corrected chi connectivity index (χ1v) is 9.44. The molecule has 0 fully saturated rings. The number of hydrogen-bond acceptors (Lipinski definition) is 3. The van der Waals surface area contributed by atoms with Crippen molar-refractivity contribution >= 4 is 21.8 Å². The highest BCUT2D eigenvalue weighted by molar-refractivity contribution is 9.10. The molecule has 0 unspecified atom stereocenters. The fourth-order valence-corrected chi connectivity index (χ4v) is 2.76. The number of amides is 1. The molecule has 26 heavy (non-hydrogen) atoms. The molecule has 0 saturated carbocycles. The molecule has 2 aromatic rings. The Morgan fingerprint density at radius 1 is 1.08 bits per heavy atom. The minimum absolute atomic E-state index is 0.0186. The summed E-state index contributed by atoms with van der Waals surface area (Å²) in [5.74, 6) is 1.36. The molecule has 1 amide bonds. The molecule has 0 heterocycles. The summed E-state index contributed by atoms with van der Waals surface area (Å²) in [5.41, 5.74) is 2.17. The van der Waals surface area contributed by atoms with E-state index in [0.29, 0.717) is 13.2 Å². The Bertz CT molecular complexity index is 736. The Labute approximate surface area is 164 Å². The van der Waals surface area contributed by atoms with Crippen LogP contribution in [0, 0.1) is 6.92 Å². The van der Waals surface area contributed by atoms with E-state index in [1.807, 2.05) is 49.4 Å². The number of nitrogens with one attached hydrogen (secondary N) is 1. The largest absolute Gasteiger partial charge is 0.492 e. The summed E-state index contributed by atoms with van der Waals surface area (Å²) >= 11 is 3.49. The van der Waals surface area contributed by atoms with Gasteiger partial charge >= 0.3 is 0 Å². The van der Waals surface area contributed by atoms with Crippen molar-refractivity contribution in [2.24, 2.45) is 0 Å². The molecule has 0 aliphatic heterocycles. The van der Waals surface area contributed by atoms with Crippen molar-refractivity contribution in [2.75, 3.05) is 19.8 Å². The second-order valence-electron chi connectivity index (χ2n) is 7.19. The Kier molecular flexibility index (Phi) is 7.09. The molecule has 0 aromatic heterocycles. The van der Waals surface area contributed by atoms with Crippen LogP contribution in [0.25, 0.3) is 0 Å². The van der Waals surface area contributed by atoms with Crippen LogP contribution in [0.5, 0.6) is 11.5 Å². The standard InChI is InChI=1S/C21H26BrNO3/c1-15-5-8-17(9-6-15)25-12-11-23-20(24)14-26-19-10-7-16(22)13-18(19)21(2,3)4/h5-10,13H,11-12,14H2,1-4H3,(H,23,24). The predicted molar refractivity (Wildman–Crippen MR) is 108 cm³/mol. The number of hydrogen-bond donors (Lipinski definition) is 1. The second kappa shape index (κ2) is 9.08. The molecule has 0 saturated heterocycles. The number of ether oxygens (including phenoxy) is 2. The summed E-state index contributed by atoms with van der Waals surface area (Å²) in [6.07, 6.45) is 0. The van der Waals surface area contributed by atoms with Crippen LogP contribution < -0.4 is 14.8 Å². The van der Waals surface area contributed by atoms with E-state index in [2.05, 4.69) is 42.0 Å². The third-order valence-corrected chi connectivity index (χ3v) is 4.32. The fraction of sp³-hybridized carbons (Fsp3) is 0.381. The molecule has 1 N–H and O–H groups in total. The molecular weight excluding hydrogens is 394 g/mol. The van der Waals surface area contributed by atoms with Gasteiger partial charge in [0.1, 0.15) is 18.1 Å². The number of aryl methyl sites for hydroxylation is 1. The number of benzene rings is 2. The van der Waals surface area contributed by atoms with E-state index in [1.54, 1.807) is 0 Å². The molecule has 140 valence electrons. The van der Waals surface area contributed by atoms with Gasteiger partial charge < -0.3 is 14.8 Å². The van der Waals surface area contributed by atoms with Crippen LogP contribution in [0.3, 0.4) is 0 Å². The molecule has 0 bridgehead atoms. The van der Waals surface area contributed by atoms with Crippen molar-refractivity contribution in [3.8, 4) is 11.5 Å². The monoisotopic (exact) mass is 419 g/mol. The van der Waals surface area contributed by atoms with Crippen molar-refractivity contribution in [3.63, 3.8) is 0 Å². The maximum atomic E-state index is 12.0. The van der Waals surface area contributed by atoms with Gasteiger partial charge in [0.05, 0.1) is 6.54 Å². The van der Waals surface area contributed by atoms with Gasteiger partial charge in [-0.3, -0.25) is 4.79 Å². The number of carbonyl (C=O) groups excluding carboxylic acids is 1. The highest BCUT2D eigenvalue weighted by Gasteiger charge is 2.19. The molecule has 2 aromatic carbocycles. The van der Waals surface area contributed by atoms with E-state index in [9.17, 15) is 4.79 Å². The van der Waals surface area contributed by atoms with Crippen molar-refractivity contribution in [3.05, 3.63) is 58.1 Å². The van der Waals surface area contributed by atoms with Gasteiger partial charge in [0, 0.05) is 10.0 Å². The van der Waals surface area contributed by atoms with Crippen molar-refractivity contribution < 1.29 is 14.3 Å². The molecule has 0 aliphatic rings. The zero-order valence-electron chi connectivity index (χ0n) is 15.8. The lowest BCUT2D eigenvalue weighted by atomic mass is 9.86. The van der Waals surface area contributed by atoms with E-state index in [1.165, 1.54) is 5.56 Å². The topological polar surface area (TPSA) is 47.6 Å². The molecule has 5 heteroatoms. The summed E-state index contributed by atoms with van der Waals surface area (Å²) in [5, 5.41) is 2.81. The van der Waals surface area contributed by atoms with Crippen LogP contribution in [0.4, 0.5) is 0 Å². The van der Waals surface area contributed by atoms with Gasteiger partial charge in [-0.2, -0.15) is 0 Å². The van der Waals surface area contributed by atoms with Gasteiger partial charge in [0.2, 0.25) is 0 Å². The van der Waals surface area contributed by atoms with Gasteiger partial charge in [0.25, 0.3) is 5.91 Å². The number of halogens is 1. The minimum atomic E-state index is -0.166. The average Bonchev–Trinajstić information content (AvgIpc) is 2.58. The third kappa shape index (κ3) is 6.37. The maximum Gasteiger partial charge on any atom is 0.258 e. The second-order valence-corrected chi connectivity index (χ2v) is 8.11. The quantitative estimate of drug-likeness (QED) is 0.665. The van der Waals surface area contributed by atoms with E-state index in [-0.39, 0.29) is 17.9 Å². The van der Waals surface area contributed by atoms with Crippen LogP contribution in [0.1, 0.15) is 31.9 Å². The van der Waals surface area contributed by atoms with Crippen LogP contribution in [-0.2, 0) is 10.2 Å². The Hall–Kier alpha value is -2.01. The van der Waals surface area contributed by atoms with Crippen molar-refractivity contribution in [2.45, 2.75) is 33.1 Å². The Morgan fingerprint density at radius 3 is 2.42 bits per heavy atom.